The smallest absolute Gasteiger partial charge is 0.283 e. The number of aromatic nitrogens is 1. The van der Waals surface area contributed by atoms with Crippen LogP contribution in [0.25, 0.3) is 0 Å². The molecule has 0 spiro atoms. The van der Waals surface area contributed by atoms with E-state index in [2.05, 4.69) is 46.1 Å². The molecule has 1 fully saturated rings. The fraction of sp³-hybridized carbons (Fsp3) is 0.444. The molecule has 0 aliphatic carbocycles. The van der Waals surface area contributed by atoms with Crippen molar-refractivity contribution in [2.24, 2.45) is 0 Å². The van der Waals surface area contributed by atoms with E-state index in [-0.39, 0.29) is 5.91 Å². The van der Waals surface area contributed by atoms with Crippen molar-refractivity contribution in [2.45, 2.75) is 12.8 Å². The van der Waals surface area contributed by atoms with Gasteiger partial charge in [-0.2, -0.15) is 0 Å². The first-order valence-electron chi connectivity index (χ1n) is 8.52. The minimum atomic E-state index is 0.0931. The zero-order valence-electron chi connectivity index (χ0n) is 13.9. The molecular formula is C18H22N4OS. The summed E-state index contributed by atoms with van der Waals surface area (Å²) in [5, 5.41) is 0.655. The second-order valence-electron chi connectivity index (χ2n) is 6.41. The lowest BCUT2D eigenvalue weighted by atomic mass is 10.2. The van der Waals surface area contributed by atoms with Crippen molar-refractivity contribution in [1.29, 1.82) is 0 Å². The first-order chi connectivity index (χ1) is 11.7. The van der Waals surface area contributed by atoms with E-state index in [1.165, 1.54) is 10.6 Å². The van der Waals surface area contributed by atoms with Crippen molar-refractivity contribution in [3.8, 4) is 0 Å². The van der Waals surface area contributed by atoms with Crippen LogP contribution >= 0.6 is 11.3 Å². The van der Waals surface area contributed by atoms with Crippen LogP contribution < -0.4 is 9.80 Å². The molecule has 0 saturated carbocycles. The molecule has 3 heterocycles. The molecule has 24 heavy (non-hydrogen) atoms. The molecule has 1 saturated heterocycles. The highest BCUT2D eigenvalue weighted by Crippen LogP contribution is 2.31. The number of piperazine rings is 1. The Morgan fingerprint density at radius 1 is 1.08 bits per heavy atom. The number of thiazole rings is 1. The molecule has 2 aliphatic rings. The fourth-order valence-corrected chi connectivity index (χ4v) is 4.54. The van der Waals surface area contributed by atoms with Crippen molar-refractivity contribution < 1.29 is 4.79 Å². The third kappa shape index (κ3) is 2.86. The Labute approximate surface area is 146 Å². The number of fused-ring (bicyclic) bond motifs is 1. The lowest BCUT2D eigenvalue weighted by Crippen LogP contribution is -2.48. The summed E-state index contributed by atoms with van der Waals surface area (Å²) in [5.74, 6) is 1.10. The van der Waals surface area contributed by atoms with Gasteiger partial charge < -0.3 is 14.7 Å². The summed E-state index contributed by atoms with van der Waals surface area (Å²) < 4.78 is 0. The predicted octanol–water partition coefficient (Wildman–Crippen LogP) is 2.49. The van der Waals surface area contributed by atoms with E-state index in [1.54, 1.807) is 11.3 Å². The molecule has 0 bridgehead atoms. The molecule has 1 amide bonds. The maximum Gasteiger partial charge on any atom is 0.283 e. The van der Waals surface area contributed by atoms with E-state index in [0.29, 0.717) is 5.01 Å². The number of carbonyl (C=O) groups excluding carboxylic acids is 1. The standard InChI is InChI=1S/C18H22N4OS/c1-20-9-5-8-15-16(20)19-17(24-15)18(23)22-12-10-21(11-13-22)14-6-3-2-4-7-14/h2-4,6-7H,5,8-13H2,1H3. The monoisotopic (exact) mass is 342 g/mol. The van der Waals surface area contributed by atoms with Crippen LogP contribution in [0.2, 0.25) is 0 Å². The zero-order chi connectivity index (χ0) is 16.5. The Balaban J connectivity index is 1.43. The van der Waals surface area contributed by atoms with Crippen LogP contribution in [0.15, 0.2) is 30.3 Å². The lowest BCUT2D eigenvalue weighted by Gasteiger charge is -2.35. The number of aryl methyl sites for hydroxylation is 1. The second kappa shape index (κ2) is 6.43. The fourth-order valence-electron chi connectivity index (χ4n) is 3.42. The number of amides is 1. The second-order valence-corrected chi connectivity index (χ2v) is 7.49. The van der Waals surface area contributed by atoms with E-state index in [4.69, 9.17) is 0 Å². The highest BCUT2D eigenvalue weighted by atomic mass is 32.1. The van der Waals surface area contributed by atoms with Gasteiger partial charge in [0, 0.05) is 50.3 Å². The molecule has 2 aliphatic heterocycles. The summed E-state index contributed by atoms with van der Waals surface area (Å²) in [6.07, 6.45) is 2.20. The maximum atomic E-state index is 12.8. The minimum Gasteiger partial charge on any atom is -0.368 e. The van der Waals surface area contributed by atoms with Crippen molar-refractivity contribution >= 4 is 28.7 Å². The topological polar surface area (TPSA) is 39.7 Å². The summed E-state index contributed by atoms with van der Waals surface area (Å²) in [4.78, 5) is 25.1. The van der Waals surface area contributed by atoms with Gasteiger partial charge in [0.1, 0.15) is 5.82 Å². The highest BCUT2D eigenvalue weighted by molar-refractivity contribution is 7.14. The summed E-state index contributed by atoms with van der Waals surface area (Å²) in [6.45, 7) is 4.29. The third-order valence-corrected chi connectivity index (χ3v) is 5.90. The van der Waals surface area contributed by atoms with Gasteiger partial charge in [0.2, 0.25) is 0 Å². The number of para-hydroxylation sites is 1. The average molecular weight is 342 g/mol. The van der Waals surface area contributed by atoms with Gasteiger partial charge in [-0.05, 0) is 25.0 Å². The van der Waals surface area contributed by atoms with E-state index in [1.807, 2.05) is 11.0 Å². The molecule has 1 aromatic carbocycles. The van der Waals surface area contributed by atoms with Crippen LogP contribution in [0.1, 0.15) is 21.1 Å². The molecule has 0 radical (unpaired) electrons. The summed E-state index contributed by atoms with van der Waals surface area (Å²) in [7, 11) is 2.06. The van der Waals surface area contributed by atoms with Gasteiger partial charge in [0.05, 0.1) is 0 Å². The van der Waals surface area contributed by atoms with E-state index < -0.39 is 0 Å². The van der Waals surface area contributed by atoms with Crippen molar-refractivity contribution in [3.63, 3.8) is 0 Å². The molecule has 0 N–H and O–H groups in total. The Morgan fingerprint density at radius 2 is 1.83 bits per heavy atom. The van der Waals surface area contributed by atoms with E-state index in [0.717, 1.165) is 51.4 Å². The SMILES string of the molecule is CN1CCCc2sc(C(=O)N3CCN(c4ccccc4)CC3)nc21. The third-order valence-electron chi connectivity index (χ3n) is 4.81. The van der Waals surface area contributed by atoms with Crippen LogP contribution in [0, 0.1) is 0 Å². The van der Waals surface area contributed by atoms with E-state index in [9.17, 15) is 4.79 Å². The first kappa shape index (κ1) is 15.4. The highest BCUT2D eigenvalue weighted by Gasteiger charge is 2.27. The molecule has 6 heteroatoms. The predicted molar refractivity (Wildman–Crippen MR) is 98.3 cm³/mol. The number of hydrogen-bond acceptors (Lipinski definition) is 5. The number of rotatable bonds is 2. The number of benzene rings is 1. The number of carbonyl (C=O) groups is 1. The Morgan fingerprint density at radius 3 is 2.54 bits per heavy atom. The van der Waals surface area contributed by atoms with Crippen LogP contribution in [0.5, 0.6) is 0 Å². The van der Waals surface area contributed by atoms with Crippen molar-refractivity contribution in [1.82, 2.24) is 9.88 Å². The van der Waals surface area contributed by atoms with Crippen LogP contribution in [-0.2, 0) is 6.42 Å². The number of nitrogens with zero attached hydrogens (tertiary/aromatic N) is 4. The zero-order valence-corrected chi connectivity index (χ0v) is 14.8. The van der Waals surface area contributed by atoms with Gasteiger partial charge in [-0.25, -0.2) is 4.98 Å². The van der Waals surface area contributed by atoms with Crippen molar-refractivity contribution in [2.75, 3.05) is 49.6 Å². The summed E-state index contributed by atoms with van der Waals surface area (Å²) in [6, 6.07) is 10.4. The van der Waals surface area contributed by atoms with Gasteiger partial charge in [-0.15, -0.1) is 11.3 Å². The molecule has 0 unspecified atom stereocenters. The Hall–Kier alpha value is -2.08. The van der Waals surface area contributed by atoms with Gasteiger partial charge in [-0.3, -0.25) is 4.79 Å². The van der Waals surface area contributed by atoms with Crippen LogP contribution in [0.3, 0.4) is 0 Å². The molecule has 126 valence electrons. The minimum absolute atomic E-state index is 0.0931. The number of anilines is 2. The van der Waals surface area contributed by atoms with Crippen LogP contribution in [-0.4, -0.2) is 55.6 Å². The first-order valence-corrected chi connectivity index (χ1v) is 9.34. The van der Waals surface area contributed by atoms with Crippen LogP contribution in [0.4, 0.5) is 11.5 Å². The molecule has 2 aromatic rings. The molecule has 0 atom stereocenters. The van der Waals surface area contributed by atoms with Crippen molar-refractivity contribution in [3.05, 3.63) is 40.2 Å². The maximum absolute atomic E-state index is 12.8. The normalized spacial score (nSPS) is 17.8. The average Bonchev–Trinajstić information content (AvgIpc) is 3.08. The lowest BCUT2D eigenvalue weighted by molar-refractivity contribution is 0.0746. The molecule has 5 nitrogen and oxygen atoms in total. The van der Waals surface area contributed by atoms with Gasteiger partial charge in [-0.1, -0.05) is 18.2 Å². The van der Waals surface area contributed by atoms with E-state index >= 15 is 0 Å². The molecular weight excluding hydrogens is 320 g/mol. The number of hydrogen-bond donors (Lipinski definition) is 0. The van der Waals surface area contributed by atoms with Gasteiger partial charge in [0.15, 0.2) is 5.01 Å². The summed E-state index contributed by atoms with van der Waals surface area (Å²) >= 11 is 1.58. The molecule has 1 aromatic heterocycles. The quantitative estimate of drug-likeness (QED) is 0.841. The molecule has 4 rings (SSSR count). The Kier molecular flexibility index (Phi) is 4.14. The van der Waals surface area contributed by atoms with Gasteiger partial charge >= 0.3 is 0 Å². The Bertz CT molecular complexity index is 722. The van der Waals surface area contributed by atoms with Gasteiger partial charge in [0.25, 0.3) is 5.91 Å². The summed E-state index contributed by atoms with van der Waals surface area (Å²) in [5.41, 5.74) is 1.23. The largest absolute Gasteiger partial charge is 0.368 e.